The van der Waals surface area contributed by atoms with E-state index in [1.807, 2.05) is 50.2 Å². The smallest absolute Gasteiger partial charge is 0.263 e. The Morgan fingerprint density at radius 2 is 1.79 bits per heavy atom. The van der Waals surface area contributed by atoms with Gasteiger partial charge in [0.25, 0.3) is 10.0 Å². The van der Waals surface area contributed by atoms with Crippen LogP contribution in [-0.4, -0.2) is 32.3 Å². The molecule has 1 aromatic heterocycles. The molecule has 0 aliphatic carbocycles. The summed E-state index contributed by atoms with van der Waals surface area (Å²) in [4.78, 5) is 2.23. The van der Waals surface area contributed by atoms with Crippen molar-refractivity contribution in [3.8, 4) is 0 Å². The molecule has 1 N–H and O–H groups in total. The monoisotopic (exact) mass is 344 g/mol. The summed E-state index contributed by atoms with van der Waals surface area (Å²) in [5.74, 6) is 0.457. The molecule has 0 radical (unpaired) electrons. The van der Waals surface area contributed by atoms with Crippen LogP contribution in [-0.2, 0) is 16.6 Å². The van der Waals surface area contributed by atoms with Gasteiger partial charge in [-0.2, -0.15) is 5.10 Å². The lowest BCUT2D eigenvalue weighted by atomic mass is 10.1. The Kier molecular flexibility index (Phi) is 4.19. The molecule has 3 aromatic rings. The maximum absolute atomic E-state index is 12.9. The van der Waals surface area contributed by atoms with E-state index in [1.165, 1.54) is 0 Å². The average molecular weight is 344 g/mol. The summed E-state index contributed by atoms with van der Waals surface area (Å²) in [6.45, 7) is 2.50. The molecule has 0 bridgehead atoms. The van der Waals surface area contributed by atoms with Gasteiger partial charge in [-0.3, -0.25) is 4.72 Å². The Hall–Kier alpha value is -2.54. The summed E-state index contributed by atoms with van der Waals surface area (Å²) in [7, 11) is 0.163. The van der Waals surface area contributed by atoms with Crippen molar-refractivity contribution in [1.82, 2.24) is 9.78 Å². The number of nitrogens with zero attached hydrogens (tertiary/aromatic N) is 3. The highest BCUT2D eigenvalue weighted by Crippen LogP contribution is 2.31. The second kappa shape index (κ2) is 6.16. The summed E-state index contributed by atoms with van der Waals surface area (Å²) in [6.07, 6.45) is 1.58. The normalized spacial score (nSPS) is 11.6. The standard InChI is InChI=1S/C17H20N4O2S/c1-4-21-17(11-12-18-21)19-24(22,23)16-10-6-7-13-14(16)8-5-9-15(13)20(2)3/h5-12,19H,4H2,1-3H3. The number of sulfonamides is 1. The van der Waals surface area contributed by atoms with Crippen molar-refractivity contribution in [2.24, 2.45) is 0 Å². The molecule has 3 rings (SSSR count). The molecule has 0 saturated carbocycles. The number of aryl methyl sites for hydroxylation is 1. The minimum Gasteiger partial charge on any atom is -0.377 e. The van der Waals surface area contributed by atoms with Crippen molar-refractivity contribution in [3.63, 3.8) is 0 Å². The Morgan fingerprint density at radius 1 is 1.08 bits per heavy atom. The summed E-state index contributed by atoms with van der Waals surface area (Å²) in [5.41, 5.74) is 0.975. The third-order valence-corrected chi connectivity index (χ3v) is 5.30. The van der Waals surface area contributed by atoms with Crippen LogP contribution in [0.3, 0.4) is 0 Å². The lowest BCUT2D eigenvalue weighted by molar-refractivity contribution is 0.600. The maximum Gasteiger partial charge on any atom is 0.263 e. The molecule has 24 heavy (non-hydrogen) atoms. The van der Waals surface area contributed by atoms with Crippen LogP contribution in [0.1, 0.15) is 6.92 Å². The van der Waals surface area contributed by atoms with Gasteiger partial charge >= 0.3 is 0 Å². The van der Waals surface area contributed by atoms with E-state index in [0.717, 1.165) is 11.1 Å². The predicted octanol–water partition coefficient (Wildman–Crippen LogP) is 2.92. The molecule has 6 nitrogen and oxygen atoms in total. The van der Waals surface area contributed by atoms with Crippen LogP contribution in [0.5, 0.6) is 0 Å². The minimum atomic E-state index is -3.71. The van der Waals surface area contributed by atoms with E-state index in [-0.39, 0.29) is 4.90 Å². The third kappa shape index (κ3) is 2.82. The number of anilines is 2. The highest BCUT2D eigenvalue weighted by atomic mass is 32.2. The highest BCUT2D eigenvalue weighted by Gasteiger charge is 2.20. The van der Waals surface area contributed by atoms with E-state index in [1.54, 1.807) is 29.1 Å². The highest BCUT2D eigenvalue weighted by molar-refractivity contribution is 7.93. The fourth-order valence-electron chi connectivity index (χ4n) is 2.75. The first-order valence-corrected chi connectivity index (χ1v) is 9.16. The zero-order valence-electron chi connectivity index (χ0n) is 13.9. The Morgan fingerprint density at radius 3 is 2.50 bits per heavy atom. The molecule has 2 aromatic carbocycles. The van der Waals surface area contributed by atoms with Crippen molar-refractivity contribution in [2.75, 3.05) is 23.7 Å². The predicted molar refractivity (Wildman–Crippen MR) is 97.0 cm³/mol. The van der Waals surface area contributed by atoms with Crippen LogP contribution in [0.4, 0.5) is 11.5 Å². The van der Waals surface area contributed by atoms with Gasteiger partial charge in [0.05, 0.1) is 11.1 Å². The maximum atomic E-state index is 12.9. The zero-order chi connectivity index (χ0) is 17.3. The van der Waals surface area contributed by atoms with Crippen molar-refractivity contribution < 1.29 is 8.42 Å². The van der Waals surface area contributed by atoms with E-state index < -0.39 is 10.0 Å². The van der Waals surface area contributed by atoms with Gasteiger partial charge in [0.15, 0.2) is 0 Å². The zero-order valence-corrected chi connectivity index (χ0v) is 14.7. The van der Waals surface area contributed by atoms with Crippen molar-refractivity contribution >= 4 is 32.3 Å². The Labute approximate surface area is 141 Å². The SMILES string of the molecule is CCn1nccc1NS(=O)(=O)c1cccc2c(N(C)C)cccc12. The molecule has 0 fully saturated rings. The first kappa shape index (κ1) is 16.3. The lowest BCUT2D eigenvalue weighted by Gasteiger charge is -2.17. The molecule has 0 saturated heterocycles. The van der Waals surface area contributed by atoms with Gasteiger partial charge < -0.3 is 4.90 Å². The topological polar surface area (TPSA) is 67.2 Å². The van der Waals surface area contributed by atoms with E-state index >= 15 is 0 Å². The number of benzene rings is 2. The Bertz CT molecular complexity index is 977. The molecule has 0 amide bonds. The summed E-state index contributed by atoms with van der Waals surface area (Å²) < 4.78 is 30.0. The molecule has 0 atom stereocenters. The second-order valence-corrected chi connectivity index (χ2v) is 7.31. The summed E-state index contributed by atoms with van der Waals surface area (Å²) in [5, 5.41) is 5.69. The van der Waals surface area contributed by atoms with Crippen molar-refractivity contribution in [1.29, 1.82) is 0 Å². The number of aromatic nitrogens is 2. The van der Waals surface area contributed by atoms with Crippen LogP contribution in [0.15, 0.2) is 53.6 Å². The number of hydrogen-bond acceptors (Lipinski definition) is 4. The van der Waals surface area contributed by atoms with Crippen molar-refractivity contribution in [2.45, 2.75) is 18.4 Å². The first-order chi connectivity index (χ1) is 11.4. The second-order valence-electron chi connectivity index (χ2n) is 5.66. The lowest BCUT2D eigenvalue weighted by Crippen LogP contribution is -2.17. The van der Waals surface area contributed by atoms with E-state index in [4.69, 9.17) is 0 Å². The molecule has 0 spiro atoms. The van der Waals surface area contributed by atoms with Gasteiger partial charge in [-0.15, -0.1) is 0 Å². The van der Waals surface area contributed by atoms with Crippen LogP contribution in [0.25, 0.3) is 10.8 Å². The number of hydrogen-bond donors (Lipinski definition) is 1. The van der Waals surface area contributed by atoms with Crippen LogP contribution in [0.2, 0.25) is 0 Å². The van der Waals surface area contributed by atoms with Gasteiger partial charge in [0, 0.05) is 43.2 Å². The van der Waals surface area contributed by atoms with Gasteiger partial charge in [0.1, 0.15) is 5.82 Å². The number of nitrogens with one attached hydrogen (secondary N) is 1. The van der Waals surface area contributed by atoms with E-state index in [0.29, 0.717) is 17.7 Å². The quantitative estimate of drug-likeness (QED) is 0.773. The molecule has 1 heterocycles. The van der Waals surface area contributed by atoms with Gasteiger partial charge in [0.2, 0.25) is 0 Å². The van der Waals surface area contributed by atoms with Gasteiger partial charge in [-0.1, -0.05) is 24.3 Å². The molecule has 126 valence electrons. The van der Waals surface area contributed by atoms with E-state index in [2.05, 4.69) is 9.82 Å². The molecular weight excluding hydrogens is 324 g/mol. The van der Waals surface area contributed by atoms with Crippen molar-refractivity contribution in [3.05, 3.63) is 48.7 Å². The molecule has 7 heteroatoms. The summed E-state index contributed by atoms with van der Waals surface area (Å²) in [6, 6.07) is 12.6. The van der Waals surface area contributed by atoms with Crippen LogP contribution < -0.4 is 9.62 Å². The molecule has 0 aliphatic rings. The molecule has 0 unspecified atom stereocenters. The molecular formula is C17H20N4O2S. The fraction of sp³-hybridized carbons (Fsp3) is 0.235. The first-order valence-electron chi connectivity index (χ1n) is 7.67. The van der Waals surface area contributed by atoms with Crippen LogP contribution in [0, 0.1) is 0 Å². The van der Waals surface area contributed by atoms with Gasteiger partial charge in [-0.05, 0) is 19.1 Å². The van der Waals surface area contributed by atoms with Gasteiger partial charge in [-0.25, -0.2) is 13.1 Å². The fourth-order valence-corrected chi connectivity index (χ4v) is 4.04. The van der Waals surface area contributed by atoms with Crippen LogP contribution >= 0.6 is 0 Å². The average Bonchev–Trinajstić information content (AvgIpc) is 2.99. The minimum absolute atomic E-state index is 0.257. The number of rotatable bonds is 5. The third-order valence-electron chi connectivity index (χ3n) is 3.89. The van der Waals surface area contributed by atoms with E-state index in [9.17, 15) is 8.42 Å². The largest absolute Gasteiger partial charge is 0.377 e. The summed E-state index contributed by atoms with van der Waals surface area (Å²) >= 11 is 0. The Balaban J connectivity index is 2.13. The molecule has 0 aliphatic heterocycles. The number of fused-ring (bicyclic) bond motifs is 1.